The number of aryl methyl sites for hydroxylation is 2. The summed E-state index contributed by atoms with van der Waals surface area (Å²) in [5.74, 6) is 1.86. The Morgan fingerprint density at radius 2 is 1.90 bits per heavy atom. The first-order valence-corrected chi connectivity index (χ1v) is 14.0. The fraction of sp³-hybridized carbons (Fsp3) is 0.500. The van der Waals surface area contributed by atoms with Gasteiger partial charge in [-0.3, -0.25) is 0 Å². The van der Waals surface area contributed by atoms with Crippen molar-refractivity contribution in [3.8, 4) is 17.0 Å². The van der Waals surface area contributed by atoms with Gasteiger partial charge >= 0.3 is 6.09 Å². The summed E-state index contributed by atoms with van der Waals surface area (Å²) < 4.78 is 22.7. The number of pyridine rings is 1. The molecule has 1 saturated carbocycles. The fourth-order valence-corrected chi connectivity index (χ4v) is 5.44. The molecule has 1 aromatic carbocycles. The molecule has 1 amide bonds. The highest BCUT2D eigenvalue weighted by atomic mass is 16.7. The van der Waals surface area contributed by atoms with Gasteiger partial charge in [0.1, 0.15) is 22.4 Å². The molecule has 1 aliphatic carbocycles. The van der Waals surface area contributed by atoms with Crippen LogP contribution in [-0.4, -0.2) is 75.6 Å². The molecule has 0 unspecified atom stereocenters. The number of benzene rings is 1. The molecule has 3 aromatic heterocycles. The smallest absolute Gasteiger partial charge is 0.410 e. The van der Waals surface area contributed by atoms with Crippen LogP contribution in [0.2, 0.25) is 0 Å². The molecule has 41 heavy (non-hydrogen) atoms. The Morgan fingerprint density at radius 3 is 2.63 bits per heavy atom. The largest absolute Gasteiger partial charge is 0.466 e. The third-order valence-electron chi connectivity index (χ3n) is 7.38. The second-order valence-electron chi connectivity index (χ2n) is 11.8. The number of oxazole rings is 1. The Kier molecular flexibility index (Phi) is 6.93. The van der Waals surface area contributed by atoms with E-state index in [1.54, 1.807) is 13.3 Å². The molecular weight excluding hydrogens is 524 g/mol. The summed E-state index contributed by atoms with van der Waals surface area (Å²) in [4.78, 5) is 35.9. The molecule has 1 aliphatic heterocycles. The average molecular weight is 561 g/mol. The summed E-state index contributed by atoms with van der Waals surface area (Å²) in [6.07, 6.45) is 4.42. The molecule has 216 valence electrons. The van der Waals surface area contributed by atoms with E-state index in [9.17, 15) is 4.79 Å². The first kappa shape index (κ1) is 27.2. The van der Waals surface area contributed by atoms with Gasteiger partial charge in [0, 0.05) is 44.3 Å². The first-order valence-electron chi connectivity index (χ1n) is 14.0. The van der Waals surface area contributed by atoms with Crippen molar-refractivity contribution in [1.29, 1.82) is 0 Å². The molecule has 4 aromatic rings. The third-order valence-corrected chi connectivity index (χ3v) is 7.38. The van der Waals surface area contributed by atoms with Crippen LogP contribution in [0.3, 0.4) is 0 Å². The zero-order valence-electron chi connectivity index (χ0n) is 24.4. The zero-order valence-corrected chi connectivity index (χ0v) is 24.4. The number of carbonyl (C=O) groups is 1. The molecule has 0 spiro atoms. The fourth-order valence-electron chi connectivity index (χ4n) is 5.44. The molecule has 6 rings (SSSR count). The summed E-state index contributed by atoms with van der Waals surface area (Å²) in [5, 5.41) is 0. The predicted octanol–water partition coefficient (Wildman–Crippen LogP) is 5.41. The van der Waals surface area contributed by atoms with Crippen LogP contribution in [0.1, 0.15) is 51.5 Å². The third kappa shape index (κ3) is 5.50. The molecule has 2 aliphatic rings. The van der Waals surface area contributed by atoms with E-state index in [0.717, 1.165) is 48.0 Å². The highest BCUT2D eigenvalue weighted by Gasteiger charge is 2.42. The van der Waals surface area contributed by atoms with Gasteiger partial charge in [0.25, 0.3) is 0 Å². The minimum Gasteiger partial charge on any atom is -0.466 e. The number of carbonyl (C=O) groups excluding carboxylic acids is 1. The Labute approximate surface area is 238 Å². The van der Waals surface area contributed by atoms with Crippen LogP contribution in [0.25, 0.3) is 33.4 Å². The van der Waals surface area contributed by atoms with Crippen LogP contribution < -0.4 is 9.64 Å². The van der Waals surface area contributed by atoms with Gasteiger partial charge < -0.3 is 28.4 Å². The van der Waals surface area contributed by atoms with Crippen LogP contribution in [0, 0.1) is 13.8 Å². The summed E-state index contributed by atoms with van der Waals surface area (Å²) >= 11 is 0. The molecule has 0 radical (unpaired) electrons. The number of nitrogens with zero attached hydrogens (tertiary/aromatic N) is 6. The predicted molar refractivity (Wildman–Crippen MR) is 154 cm³/mol. The van der Waals surface area contributed by atoms with E-state index in [-0.39, 0.29) is 25.0 Å². The van der Waals surface area contributed by atoms with Gasteiger partial charge in [0.15, 0.2) is 18.3 Å². The van der Waals surface area contributed by atoms with Crippen molar-refractivity contribution in [2.24, 2.45) is 0 Å². The standard InChI is InChI=1S/C30H36N6O5/c1-17-26-25(40-18(2)32-26)13-21(27(17)39-16-38-6)22-9-10-23-24(33-22)14-31-28(34-23)35-12-11-20(15-35)36(19-7-8-19)29(37)41-30(3,4)5/h9-10,13-14,19-20H,7-8,11-12,15-16H2,1-6H3/t20-/m0/s1. The van der Waals surface area contributed by atoms with Crippen molar-refractivity contribution in [2.45, 2.75) is 71.6 Å². The Bertz CT molecular complexity index is 1610. The molecule has 11 heteroatoms. The van der Waals surface area contributed by atoms with E-state index in [2.05, 4.69) is 14.9 Å². The molecular formula is C30H36N6O5. The lowest BCUT2D eigenvalue weighted by Gasteiger charge is -2.31. The number of anilines is 1. The number of hydrogen-bond donors (Lipinski definition) is 0. The van der Waals surface area contributed by atoms with Gasteiger partial charge in [0.2, 0.25) is 5.95 Å². The summed E-state index contributed by atoms with van der Waals surface area (Å²) in [6, 6.07) is 6.10. The Balaban J connectivity index is 1.26. The van der Waals surface area contributed by atoms with E-state index in [4.69, 9.17) is 28.6 Å². The Hall–Kier alpha value is -3.99. The number of fused-ring (bicyclic) bond motifs is 2. The zero-order chi connectivity index (χ0) is 28.9. The normalized spacial score (nSPS) is 17.4. The number of ether oxygens (including phenoxy) is 3. The lowest BCUT2D eigenvalue weighted by molar-refractivity contribution is 0.0158. The molecule has 0 bridgehead atoms. The molecule has 0 N–H and O–H groups in total. The van der Waals surface area contributed by atoms with Crippen molar-refractivity contribution < 1.29 is 23.4 Å². The van der Waals surface area contributed by atoms with E-state index < -0.39 is 5.60 Å². The van der Waals surface area contributed by atoms with Crippen LogP contribution >= 0.6 is 0 Å². The number of aromatic nitrogens is 4. The van der Waals surface area contributed by atoms with E-state index >= 15 is 0 Å². The van der Waals surface area contributed by atoms with Crippen molar-refractivity contribution in [3.05, 3.63) is 35.9 Å². The maximum absolute atomic E-state index is 13.0. The van der Waals surface area contributed by atoms with Crippen LogP contribution in [0.15, 0.2) is 28.8 Å². The first-order chi connectivity index (χ1) is 19.6. The summed E-state index contributed by atoms with van der Waals surface area (Å²) in [5.41, 5.74) is 4.64. The number of rotatable bonds is 7. The van der Waals surface area contributed by atoms with E-state index in [1.165, 1.54) is 0 Å². The van der Waals surface area contributed by atoms with Gasteiger partial charge in [-0.15, -0.1) is 0 Å². The van der Waals surface area contributed by atoms with Crippen molar-refractivity contribution in [2.75, 3.05) is 31.9 Å². The number of amides is 1. The maximum Gasteiger partial charge on any atom is 0.410 e. The van der Waals surface area contributed by atoms with Crippen molar-refractivity contribution >= 4 is 34.2 Å². The minimum absolute atomic E-state index is 0.0700. The van der Waals surface area contributed by atoms with Crippen LogP contribution in [0.5, 0.6) is 5.75 Å². The lowest BCUT2D eigenvalue weighted by atomic mass is 10.0. The molecule has 1 atom stereocenters. The van der Waals surface area contributed by atoms with Crippen LogP contribution in [0.4, 0.5) is 10.7 Å². The number of methoxy groups -OCH3 is 1. The van der Waals surface area contributed by atoms with Gasteiger partial charge in [-0.25, -0.2) is 24.7 Å². The van der Waals surface area contributed by atoms with E-state index in [0.29, 0.717) is 40.9 Å². The minimum atomic E-state index is -0.523. The van der Waals surface area contributed by atoms with E-state index in [1.807, 2.05) is 57.7 Å². The SMILES string of the molecule is COCOc1c(-c2ccc3nc(N4CC[C@H](N(C(=O)OC(C)(C)C)C5CC5)C4)ncc3n2)cc2oc(C)nc2c1C. The highest BCUT2D eigenvalue weighted by Crippen LogP contribution is 2.38. The lowest BCUT2D eigenvalue weighted by Crippen LogP contribution is -2.46. The van der Waals surface area contributed by atoms with Gasteiger partial charge in [-0.05, 0) is 65.2 Å². The highest BCUT2D eigenvalue weighted by molar-refractivity contribution is 5.89. The molecule has 4 heterocycles. The average Bonchev–Trinajstić information content (AvgIpc) is 3.49. The van der Waals surface area contributed by atoms with Crippen molar-refractivity contribution in [3.63, 3.8) is 0 Å². The quantitative estimate of drug-likeness (QED) is 0.272. The van der Waals surface area contributed by atoms with Gasteiger partial charge in [0.05, 0.1) is 23.4 Å². The second kappa shape index (κ2) is 10.4. The molecule has 1 saturated heterocycles. The van der Waals surface area contributed by atoms with Crippen LogP contribution in [-0.2, 0) is 9.47 Å². The molecule has 2 fully saturated rings. The maximum atomic E-state index is 13.0. The molecule has 11 nitrogen and oxygen atoms in total. The number of hydrogen-bond acceptors (Lipinski definition) is 10. The second-order valence-corrected chi connectivity index (χ2v) is 11.8. The van der Waals surface area contributed by atoms with Crippen molar-refractivity contribution in [1.82, 2.24) is 24.8 Å². The summed E-state index contributed by atoms with van der Waals surface area (Å²) in [7, 11) is 1.58. The summed E-state index contributed by atoms with van der Waals surface area (Å²) in [6.45, 7) is 11.0. The monoisotopic (exact) mass is 560 g/mol. The Morgan fingerprint density at radius 1 is 1.10 bits per heavy atom. The van der Waals surface area contributed by atoms with Gasteiger partial charge in [-0.1, -0.05) is 0 Å². The van der Waals surface area contributed by atoms with Gasteiger partial charge in [-0.2, -0.15) is 0 Å². The topological polar surface area (TPSA) is 116 Å².